The zero-order valence-corrected chi connectivity index (χ0v) is 17.5. The highest BCUT2D eigenvalue weighted by molar-refractivity contribution is 5.82. The van der Waals surface area contributed by atoms with E-state index in [9.17, 15) is 19.5 Å². The van der Waals surface area contributed by atoms with Crippen LogP contribution in [0, 0.1) is 16.2 Å². The smallest absolute Gasteiger partial charge is 0.311 e. The number of esters is 2. The molecule has 1 N–H and O–H groups in total. The van der Waals surface area contributed by atoms with Crippen molar-refractivity contribution in [3.63, 3.8) is 0 Å². The van der Waals surface area contributed by atoms with Crippen molar-refractivity contribution in [3.8, 4) is 0 Å². The Bertz CT molecular complexity index is 516. The molecule has 152 valence electrons. The molecule has 0 saturated heterocycles. The molecule has 0 fully saturated rings. The van der Waals surface area contributed by atoms with E-state index in [2.05, 4.69) is 0 Å². The van der Waals surface area contributed by atoms with E-state index in [0.29, 0.717) is 13.0 Å². The molecule has 0 aliphatic heterocycles. The van der Waals surface area contributed by atoms with E-state index in [-0.39, 0.29) is 25.4 Å². The number of carbonyl (C=O) groups is 3. The normalized spacial score (nSPS) is 16.5. The Morgan fingerprint density at radius 2 is 1.50 bits per heavy atom. The van der Waals surface area contributed by atoms with E-state index >= 15 is 0 Å². The maximum atomic E-state index is 12.7. The van der Waals surface area contributed by atoms with Crippen LogP contribution >= 0.6 is 0 Å². The number of likely N-dealkylation sites (N-methyl/N-ethyl adjacent to an activating group) is 1. The second kappa shape index (κ2) is 9.35. The van der Waals surface area contributed by atoms with Gasteiger partial charge in [0.1, 0.15) is 6.61 Å². The lowest BCUT2D eigenvalue weighted by molar-refractivity contribution is -0.166. The van der Waals surface area contributed by atoms with Crippen LogP contribution in [0.4, 0.5) is 0 Å². The second-order valence-electron chi connectivity index (χ2n) is 8.45. The Morgan fingerprint density at radius 1 is 0.962 bits per heavy atom. The van der Waals surface area contributed by atoms with E-state index in [4.69, 9.17) is 9.47 Å². The number of aliphatic carboxylic acids is 1. The lowest BCUT2D eigenvalue weighted by atomic mass is 9.65. The van der Waals surface area contributed by atoms with Crippen LogP contribution in [0.2, 0.25) is 0 Å². The fourth-order valence-corrected chi connectivity index (χ4v) is 3.20. The molecule has 0 aromatic heterocycles. The van der Waals surface area contributed by atoms with Crippen molar-refractivity contribution in [2.24, 2.45) is 16.2 Å². The number of carbonyl (C=O) groups excluding carboxylic acids is 2. The second-order valence-corrected chi connectivity index (χ2v) is 8.45. The van der Waals surface area contributed by atoms with Gasteiger partial charge in [-0.1, -0.05) is 6.92 Å². The van der Waals surface area contributed by atoms with Crippen LogP contribution in [0.5, 0.6) is 0 Å². The third-order valence-electron chi connectivity index (χ3n) is 4.91. The van der Waals surface area contributed by atoms with Crippen LogP contribution in [0.25, 0.3) is 0 Å². The number of hydrogen-bond acceptors (Lipinski definition) is 6. The lowest BCUT2D eigenvalue weighted by Gasteiger charge is -2.39. The van der Waals surface area contributed by atoms with Gasteiger partial charge in [-0.15, -0.1) is 0 Å². The molecule has 0 heterocycles. The van der Waals surface area contributed by atoms with Crippen LogP contribution in [-0.4, -0.2) is 62.3 Å². The van der Waals surface area contributed by atoms with Gasteiger partial charge in [0.2, 0.25) is 0 Å². The standard InChI is InChI=1S/C19H35NO6/c1-9-18(4,16(24)26-11-10-20(6)7)13-19(5,15(23)25-8)12-17(2,3)14(21)22/h9-13H2,1-8H3,(H,21,22). The molecule has 0 amide bonds. The van der Waals surface area contributed by atoms with Gasteiger partial charge >= 0.3 is 17.9 Å². The third kappa shape index (κ3) is 6.59. The first-order chi connectivity index (χ1) is 11.7. The summed E-state index contributed by atoms with van der Waals surface area (Å²) in [5, 5.41) is 9.44. The highest BCUT2D eigenvalue weighted by Gasteiger charge is 2.49. The average Bonchev–Trinajstić information content (AvgIpc) is 2.52. The highest BCUT2D eigenvalue weighted by Crippen LogP contribution is 2.45. The Kier molecular flexibility index (Phi) is 8.76. The number of methoxy groups -OCH3 is 1. The van der Waals surface area contributed by atoms with E-state index < -0.39 is 28.2 Å². The zero-order chi connectivity index (χ0) is 20.8. The number of rotatable bonds is 11. The predicted molar refractivity (Wildman–Crippen MR) is 98.7 cm³/mol. The fourth-order valence-electron chi connectivity index (χ4n) is 3.20. The first-order valence-corrected chi connectivity index (χ1v) is 8.88. The quantitative estimate of drug-likeness (QED) is 0.556. The van der Waals surface area contributed by atoms with Gasteiger partial charge in [-0.2, -0.15) is 0 Å². The molecule has 0 aromatic carbocycles. The van der Waals surface area contributed by atoms with Crippen LogP contribution in [0.1, 0.15) is 53.9 Å². The Labute approximate surface area is 157 Å². The molecule has 26 heavy (non-hydrogen) atoms. The van der Waals surface area contributed by atoms with Crippen molar-refractivity contribution in [1.82, 2.24) is 4.90 Å². The summed E-state index contributed by atoms with van der Waals surface area (Å²) in [5.41, 5.74) is -3.17. The van der Waals surface area contributed by atoms with Crippen LogP contribution < -0.4 is 0 Å². The van der Waals surface area contributed by atoms with Crippen LogP contribution in [0.15, 0.2) is 0 Å². The molecule has 7 nitrogen and oxygen atoms in total. The maximum Gasteiger partial charge on any atom is 0.311 e. The van der Waals surface area contributed by atoms with Gasteiger partial charge in [-0.25, -0.2) is 0 Å². The zero-order valence-electron chi connectivity index (χ0n) is 17.5. The minimum absolute atomic E-state index is 0.0581. The summed E-state index contributed by atoms with van der Waals surface area (Å²) in [4.78, 5) is 38.6. The third-order valence-corrected chi connectivity index (χ3v) is 4.91. The molecule has 0 rings (SSSR count). The lowest BCUT2D eigenvalue weighted by Crippen LogP contribution is -2.44. The summed E-state index contributed by atoms with van der Waals surface area (Å²) in [7, 11) is 5.04. The summed E-state index contributed by atoms with van der Waals surface area (Å²) in [5.74, 6) is -1.91. The Hall–Kier alpha value is -1.63. The summed E-state index contributed by atoms with van der Waals surface area (Å²) in [6.45, 7) is 9.25. The minimum Gasteiger partial charge on any atom is -0.481 e. The topological polar surface area (TPSA) is 93.1 Å². The van der Waals surface area contributed by atoms with Gasteiger partial charge < -0.3 is 19.5 Å². The molecule has 2 atom stereocenters. The SMILES string of the molecule is CCC(C)(CC(C)(CC(C)(C)C(=O)O)C(=O)OC)C(=O)OCCN(C)C. The monoisotopic (exact) mass is 373 g/mol. The molecule has 0 radical (unpaired) electrons. The summed E-state index contributed by atoms with van der Waals surface area (Å²) < 4.78 is 10.3. The first kappa shape index (κ1) is 24.4. The molecule has 0 saturated carbocycles. The molecule has 0 aliphatic carbocycles. The van der Waals surface area contributed by atoms with Gasteiger partial charge in [0.05, 0.1) is 23.4 Å². The van der Waals surface area contributed by atoms with Gasteiger partial charge in [-0.3, -0.25) is 14.4 Å². The van der Waals surface area contributed by atoms with Crippen molar-refractivity contribution in [1.29, 1.82) is 0 Å². The van der Waals surface area contributed by atoms with Crippen molar-refractivity contribution in [2.75, 3.05) is 34.4 Å². The van der Waals surface area contributed by atoms with Crippen LogP contribution in [0.3, 0.4) is 0 Å². The fraction of sp³-hybridized carbons (Fsp3) is 0.842. The Morgan fingerprint density at radius 3 is 1.88 bits per heavy atom. The van der Waals surface area contributed by atoms with Gasteiger partial charge in [0.15, 0.2) is 0 Å². The molecule has 0 aromatic rings. The highest BCUT2D eigenvalue weighted by atomic mass is 16.5. The van der Waals surface area contributed by atoms with E-state index in [1.807, 2.05) is 25.9 Å². The van der Waals surface area contributed by atoms with Gasteiger partial charge in [-0.05, 0) is 61.1 Å². The molecule has 0 bridgehead atoms. The van der Waals surface area contributed by atoms with E-state index in [0.717, 1.165) is 0 Å². The van der Waals surface area contributed by atoms with E-state index in [1.165, 1.54) is 7.11 Å². The molecule has 0 aliphatic rings. The number of carboxylic acid groups (broad SMARTS) is 1. The number of carboxylic acids is 1. The number of ether oxygens (including phenoxy) is 2. The molecular formula is C19H35NO6. The van der Waals surface area contributed by atoms with Gasteiger partial charge in [0, 0.05) is 6.54 Å². The molecule has 7 heteroatoms. The molecule has 0 spiro atoms. The number of hydrogen-bond donors (Lipinski definition) is 1. The van der Waals surface area contributed by atoms with E-state index in [1.54, 1.807) is 27.7 Å². The summed E-state index contributed by atoms with van der Waals surface area (Å²) in [6, 6.07) is 0. The molecule has 2 unspecified atom stereocenters. The largest absolute Gasteiger partial charge is 0.481 e. The van der Waals surface area contributed by atoms with Crippen molar-refractivity contribution >= 4 is 17.9 Å². The predicted octanol–water partition coefficient (Wildman–Crippen LogP) is 2.58. The summed E-state index contributed by atoms with van der Waals surface area (Å²) in [6.07, 6.45) is 0.678. The minimum atomic E-state index is -1.13. The number of nitrogens with zero attached hydrogens (tertiary/aromatic N) is 1. The average molecular weight is 373 g/mol. The Balaban J connectivity index is 5.52. The molecular weight excluding hydrogens is 338 g/mol. The van der Waals surface area contributed by atoms with Crippen molar-refractivity contribution in [3.05, 3.63) is 0 Å². The van der Waals surface area contributed by atoms with Gasteiger partial charge in [0.25, 0.3) is 0 Å². The first-order valence-electron chi connectivity index (χ1n) is 8.88. The summed E-state index contributed by atoms with van der Waals surface area (Å²) >= 11 is 0. The maximum absolute atomic E-state index is 12.7. The van der Waals surface area contributed by atoms with Crippen molar-refractivity contribution < 1.29 is 29.0 Å². The van der Waals surface area contributed by atoms with Crippen LogP contribution in [-0.2, 0) is 23.9 Å². The van der Waals surface area contributed by atoms with Crippen molar-refractivity contribution in [2.45, 2.75) is 53.9 Å².